The second kappa shape index (κ2) is 11.0. The number of nitrogens with zero attached hydrogens (tertiary/aromatic N) is 4. The zero-order chi connectivity index (χ0) is 27.5. The minimum absolute atomic E-state index is 0.0892. The predicted octanol–water partition coefficient (Wildman–Crippen LogP) is 8.44. The molecule has 0 saturated carbocycles. The first-order chi connectivity index (χ1) is 19.6. The lowest BCUT2D eigenvalue weighted by molar-refractivity contribution is 0.425. The molecule has 5 nitrogen and oxygen atoms in total. The lowest BCUT2D eigenvalue weighted by Crippen LogP contribution is -2.32. The van der Waals surface area contributed by atoms with Crippen LogP contribution in [0.15, 0.2) is 114 Å². The highest BCUT2D eigenvalue weighted by atomic mass is 15.5. The van der Waals surface area contributed by atoms with Crippen molar-refractivity contribution in [3.63, 3.8) is 0 Å². The van der Waals surface area contributed by atoms with E-state index < -0.39 is 0 Å². The zero-order valence-electron chi connectivity index (χ0n) is 23.6. The summed E-state index contributed by atoms with van der Waals surface area (Å²) in [5, 5.41) is 11.1. The largest absolute Gasteiger partial charge is 0.352 e. The van der Waals surface area contributed by atoms with Crippen LogP contribution in [0.25, 0.3) is 11.0 Å². The molecule has 1 aromatic heterocycles. The van der Waals surface area contributed by atoms with Crippen LogP contribution >= 0.6 is 0 Å². The summed E-state index contributed by atoms with van der Waals surface area (Å²) in [6.07, 6.45) is 2.28. The maximum atomic E-state index is 5.25. The second-order valence-electron chi connectivity index (χ2n) is 11.1. The molecule has 5 heteroatoms. The van der Waals surface area contributed by atoms with Gasteiger partial charge < -0.3 is 9.88 Å². The third-order valence-corrected chi connectivity index (χ3v) is 7.95. The number of hydrogen-bond acceptors (Lipinski definition) is 4. The molecule has 1 aliphatic heterocycles. The van der Waals surface area contributed by atoms with Gasteiger partial charge in [-0.3, -0.25) is 5.01 Å². The third kappa shape index (κ3) is 4.88. The number of para-hydroxylation sites is 2. The fourth-order valence-corrected chi connectivity index (χ4v) is 5.86. The van der Waals surface area contributed by atoms with Crippen LogP contribution in [-0.2, 0) is 13.1 Å². The molecule has 0 amide bonds. The summed E-state index contributed by atoms with van der Waals surface area (Å²) >= 11 is 0. The van der Waals surface area contributed by atoms with Gasteiger partial charge in [0, 0.05) is 18.5 Å². The Balaban J connectivity index is 1.27. The highest BCUT2D eigenvalue weighted by Gasteiger charge is 2.46. The van der Waals surface area contributed by atoms with E-state index in [9.17, 15) is 0 Å². The van der Waals surface area contributed by atoms with Gasteiger partial charge in [0.2, 0.25) is 5.95 Å². The van der Waals surface area contributed by atoms with Gasteiger partial charge in [-0.25, -0.2) is 4.98 Å². The van der Waals surface area contributed by atoms with Crippen LogP contribution in [0.2, 0.25) is 0 Å². The van der Waals surface area contributed by atoms with Crippen molar-refractivity contribution in [1.82, 2.24) is 9.55 Å². The van der Waals surface area contributed by atoms with E-state index in [1.54, 1.807) is 0 Å². The molecular formula is C35H37N5. The van der Waals surface area contributed by atoms with Gasteiger partial charge in [-0.05, 0) is 47.4 Å². The number of rotatable bonds is 9. The van der Waals surface area contributed by atoms with Crippen molar-refractivity contribution in [2.24, 2.45) is 10.5 Å². The standard InChI is InChI=1S/C35H37N5/c1-4-5-24-39-31-19-13-12-18-30(31)37-34(39)36-25-26-20-22-29(23-21-26)40-33(28-16-10-7-11-17-28)35(2,3)32(38-40)27-14-8-6-9-15-27/h6-23,33H,4-5,24-25H2,1-3H3,(H,36,37)/t33-/m1/s1. The monoisotopic (exact) mass is 527 g/mol. The van der Waals surface area contributed by atoms with Gasteiger partial charge in [0.1, 0.15) is 0 Å². The smallest absolute Gasteiger partial charge is 0.204 e. The molecular weight excluding hydrogens is 490 g/mol. The molecule has 4 aromatic carbocycles. The van der Waals surface area contributed by atoms with Crippen molar-refractivity contribution in [3.8, 4) is 0 Å². The van der Waals surface area contributed by atoms with E-state index in [4.69, 9.17) is 10.1 Å². The van der Waals surface area contributed by atoms with Gasteiger partial charge in [-0.15, -0.1) is 0 Å². The maximum Gasteiger partial charge on any atom is 0.204 e. The Morgan fingerprint density at radius 3 is 2.20 bits per heavy atom. The summed E-state index contributed by atoms with van der Waals surface area (Å²) in [7, 11) is 0. The fourth-order valence-electron chi connectivity index (χ4n) is 5.86. The Kier molecular flexibility index (Phi) is 7.12. The molecule has 6 rings (SSSR count). The molecule has 0 radical (unpaired) electrons. The number of anilines is 2. The summed E-state index contributed by atoms with van der Waals surface area (Å²) in [4.78, 5) is 4.88. The van der Waals surface area contributed by atoms with Gasteiger partial charge in [-0.1, -0.05) is 112 Å². The lowest BCUT2D eigenvalue weighted by atomic mass is 9.75. The van der Waals surface area contributed by atoms with Gasteiger partial charge in [0.15, 0.2) is 0 Å². The summed E-state index contributed by atoms with van der Waals surface area (Å²) in [5.74, 6) is 0.932. The van der Waals surface area contributed by atoms with Crippen molar-refractivity contribution in [2.45, 2.75) is 52.7 Å². The topological polar surface area (TPSA) is 45.5 Å². The molecule has 1 N–H and O–H groups in total. The molecule has 1 aliphatic rings. The lowest BCUT2D eigenvalue weighted by Gasteiger charge is -2.33. The summed E-state index contributed by atoms with van der Waals surface area (Å²) in [5.41, 5.74) is 7.88. The van der Waals surface area contributed by atoms with Crippen LogP contribution in [0.4, 0.5) is 11.6 Å². The molecule has 0 saturated heterocycles. The van der Waals surface area contributed by atoms with Crippen LogP contribution in [0.3, 0.4) is 0 Å². The number of benzene rings is 4. The Morgan fingerprint density at radius 2 is 1.48 bits per heavy atom. The Morgan fingerprint density at radius 1 is 0.800 bits per heavy atom. The zero-order valence-corrected chi connectivity index (χ0v) is 23.6. The average Bonchev–Trinajstić information content (AvgIpc) is 3.49. The summed E-state index contributed by atoms with van der Waals surface area (Å²) in [6, 6.07) is 38.6. The van der Waals surface area contributed by atoms with Crippen LogP contribution in [0.1, 0.15) is 56.3 Å². The first-order valence-corrected chi connectivity index (χ1v) is 14.3. The van der Waals surface area contributed by atoms with Gasteiger partial charge in [-0.2, -0.15) is 5.10 Å². The van der Waals surface area contributed by atoms with Crippen molar-refractivity contribution in [1.29, 1.82) is 0 Å². The normalized spacial score (nSPS) is 16.3. The Labute approximate surface area is 237 Å². The number of nitrogens with one attached hydrogen (secondary N) is 1. The van der Waals surface area contributed by atoms with Gasteiger partial charge in [0.05, 0.1) is 28.5 Å². The van der Waals surface area contributed by atoms with Crippen LogP contribution in [0.5, 0.6) is 0 Å². The molecule has 2 heterocycles. The average molecular weight is 528 g/mol. The van der Waals surface area contributed by atoms with Crippen molar-refractivity contribution < 1.29 is 0 Å². The van der Waals surface area contributed by atoms with Crippen molar-refractivity contribution in [3.05, 3.63) is 126 Å². The first kappa shape index (κ1) is 25.9. The number of aryl methyl sites for hydroxylation is 1. The minimum atomic E-state index is -0.180. The van der Waals surface area contributed by atoms with E-state index in [-0.39, 0.29) is 11.5 Å². The third-order valence-electron chi connectivity index (χ3n) is 7.95. The number of fused-ring (bicyclic) bond motifs is 1. The van der Waals surface area contributed by atoms with Gasteiger partial charge >= 0.3 is 0 Å². The molecule has 0 unspecified atom stereocenters. The number of hydrogen-bond donors (Lipinski definition) is 1. The highest BCUT2D eigenvalue weighted by Crippen LogP contribution is 2.48. The Hall–Kier alpha value is -4.38. The van der Waals surface area contributed by atoms with Crippen LogP contribution < -0.4 is 10.3 Å². The Bertz CT molecular complexity index is 1600. The number of imidazole rings is 1. The van der Waals surface area contributed by atoms with Crippen molar-refractivity contribution >= 4 is 28.4 Å². The van der Waals surface area contributed by atoms with E-state index in [0.29, 0.717) is 6.54 Å². The quantitative estimate of drug-likeness (QED) is 0.209. The molecule has 0 aliphatic carbocycles. The van der Waals surface area contributed by atoms with E-state index >= 15 is 0 Å². The summed E-state index contributed by atoms with van der Waals surface area (Å²) in [6.45, 7) is 8.51. The molecule has 0 spiro atoms. The highest BCUT2D eigenvalue weighted by molar-refractivity contribution is 6.07. The predicted molar refractivity (Wildman–Crippen MR) is 167 cm³/mol. The molecule has 0 bridgehead atoms. The van der Waals surface area contributed by atoms with E-state index in [2.05, 4.69) is 145 Å². The second-order valence-corrected chi connectivity index (χ2v) is 11.1. The molecule has 1 atom stereocenters. The molecule has 0 fully saturated rings. The van der Waals surface area contributed by atoms with E-state index in [1.807, 2.05) is 0 Å². The molecule has 5 aromatic rings. The number of unbranched alkanes of at least 4 members (excludes halogenated alkanes) is 1. The van der Waals surface area contributed by atoms with Crippen LogP contribution in [-0.4, -0.2) is 15.3 Å². The molecule has 202 valence electrons. The van der Waals surface area contributed by atoms with E-state index in [0.717, 1.165) is 42.3 Å². The number of hydrazone groups is 1. The first-order valence-electron chi connectivity index (χ1n) is 14.3. The maximum absolute atomic E-state index is 5.25. The summed E-state index contributed by atoms with van der Waals surface area (Å²) < 4.78 is 2.31. The van der Waals surface area contributed by atoms with E-state index in [1.165, 1.54) is 22.2 Å². The van der Waals surface area contributed by atoms with Gasteiger partial charge in [0.25, 0.3) is 0 Å². The van der Waals surface area contributed by atoms with Crippen LogP contribution in [0, 0.1) is 5.41 Å². The SMILES string of the molecule is CCCCn1c(NCc2ccc(N3N=C(c4ccccc4)C(C)(C)[C@H]3c3ccccc3)cc2)nc2ccccc21. The molecule has 40 heavy (non-hydrogen) atoms. The minimum Gasteiger partial charge on any atom is -0.352 e. The number of aromatic nitrogens is 2. The fraction of sp³-hybridized carbons (Fsp3) is 0.257. The van der Waals surface area contributed by atoms with Crippen molar-refractivity contribution in [2.75, 3.05) is 10.3 Å².